The Morgan fingerprint density at radius 1 is 0.265 bits per heavy atom. The highest BCUT2D eigenvalue weighted by molar-refractivity contribution is 6.22. The smallest absolute Gasteiger partial charge is 0.0562 e. The van der Waals surface area contributed by atoms with Crippen molar-refractivity contribution in [2.24, 2.45) is 0 Å². The van der Waals surface area contributed by atoms with Gasteiger partial charge in [0.15, 0.2) is 0 Å². The number of hydrogen-bond donors (Lipinski definition) is 0. The van der Waals surface area contributed by atoms with Crippen molar-refractivity contribution in [3.63, 3.8) is 0 Å². The van der Waals surface area contributed by atoms with E-state index in [0.29, 0.717) is 0 Å². The molecule has 2 heteroatoms. The van der Waals surface area contributed by atoms with Gasteiger partial charge < -0.3 is 9.47 Å². The zero-order chi connectivity index (χ0) is 45.0. The summed E-state index contributed by atoms with van der Waals surface area (Å²) < 4.78 is 2.45. The molecule has 318 valence electrons. The predicted octanol–water partition coefficient (Wildman–Crippen LogP) is 18.4. The molecule has 13 aromatic rings. The van der Waals surface area contributed by atoms with Crippen molar-refractivity contribution in [2.75, 3.05) is 4.90 Å². The second-order valence-corrected chi connectivity index (χ2v) is 17.6. The first kappa shape index (κ1) is 39.4. The van der Waals surface area contributed by atoms with Crippen LogP contribution in [0.15, 0.2) is 267 Å². The minimum absolute atomic E-state index is 1.08. The first-order valence-electron chi connectivity index (χ1n) is 23.4. The van der Waals surface area contributed by atoms with Crippen LogP contribution in [0.1, 0.15) is 0 Å². The van der Waals surface area contributed by atoms with Gasteiger partial charge in [0, 0.05) is 27.5 Å². The van der Waals surface area contributed by atoms with E-state index >= 15 is 0 Å². The Bertz CT molecular complexity index is 4000. The summed E-state index contributed by atoms with van der Waals surface area (Å²) in [6.45, 7) is 0. The van der Waals surface area contributed by atoms with Gasteiger partial charge in [0.05, 0.1) is 22.4 Å². The van der Waals surface area contributed by atoms with E-state index in [1.807, 2.05) is 0 Å². The maximum atomic E-state index is 2.46. The first-order chi connectivity index (χ1) is 33.8. The van der Waals surface area contributed by atoms with Gasteiger partial charge in [-0.2, -0.15) is 0 Å². The summed E-state index contributed by atoms with van der Waals surface area (Å²) in [5, 5.41) is 9.83. The third-order valence-electron chi connectivity index (χ3n) is 13.7. The highest BCUT2D eigenvalue weighted by atomic mass is 15.1. The van der Waals surface area contributed by atoms with Crippen LogP contribution in [0.2, 0.25) is 0 Å². The minimum atomic E-state index is 1.08. The number of hydrogen-bond acceptors (Lipinski definition) is 1. The standard InChI is InChI=1S/C66H44N2/c1-4-19-45(20-5-1)46-37-40-52(41-38-46)67(62-35-18-36-63-66(62)58-32-14-15-33-61(58)68(63)60-34-17-26-47-21-10-11-29-54(47)60)53-28-16-27-50(43-53)51-39-42-56-55-30-12-13-31-57(55)64(48-22-6-2-7-23-48)65(59(56)44-51)49-24-8-3-9-25-49/h1-44H. The molecule has 0 saturated heterocycles. The second-order valence-electron chi connectivity index (χ2n) is 17.6. The van der Waals surface area contributed by atoms with Gasteiger partial charge >= 0.3 is 0 Å². The molecule has 1 heterocycles. The fourth-order valence-corrected chi connectivity index (χ4v) is 10.7. The topological polar surface area (TPSA) is 8.17 Å². The van der Waals surface area contributed by atoms with Gasteiger partial charge in [0.2, 0.25) is 0 Å². The normalized spacial score (nSPS) is 11.5. The molecule has 0 spiro atoms. The van der Waals surface area contributed by atoms with Crippen molar-refractivity contribution >= 4 is 71.2 Å². The number of anilines is 3. The van der Waals surface area contributed by atoms with Crippen molar-refractivity contribution in [3.8, 4) is 50.2 Å². The average molecular weight is 865 g/mol. The molecule has 0 atom stereocenters. The van der Waals surface area contributed by atoms with Gasteiger partial charge in [0.25, 0.3) is 0 Å². The zero-order valence-electron chi connectivity index (χ0n) is 37.3. The average Bonchev–Trinajstić information content (AvgIpc) is 3.76. The van der Waals surface area contributed by atoms with Crippen LogP contribution in [-0.2, 0) is 0 Å². The Morgan fingerprint density at radius 2 is 0.765 bits per heavy atom. The molecule has 0 unspecified atom stereocenters. The predicted molar refractivity (Wildman–Crippen MR) is 290 cm³/mol. The van der Waals surface area contributed by atoms with Crippen LogP contribution >= 0.6 is 0 Å². The van der Waals surface area contributed by atoms with Crippen molar-refractivity contribution < 1.29 is 0 Å². The van der Waals surface area contributed by atoms with E-state index in [1.165, 1.54) is 87.7 Å². The van der Waals surface area contributed by atoms with Crippen molar-refractivity contribution in [1.29, 1.82) is 0 Å². The number of nitrogens with zero attached hydrogens (tertiary/aromatic N) is 2. The van der Waals surface area contributed by atoms with Crippen molar-refractivity contribution in [1.82, 2.24) is 4.57 Å². The monoisotopic (exact) mass is 864 g/mol. The molecule has 0 aliphatic heterocycles. The van der Waals surface area contributed by atoms with Gasteiger partial charge in [-0.15, -0.1) is 0 Å². The Kier molecular flexibility index (Phi) is 9.54. The third-order valence-corrected chi connectivity index (χ3v) is 13.7. The van der Waals surface area contributed by atoms with E-state index in [-0.39, 0.29) is 0 Å². The lowest BCUT2D eigenvalue weighted by Gasteiger charge is -2.27. The largest absolute Gasteiger partial charge is 0.310 e. The molecule has 0 radical (unpaired) electrons. The van der Waals surface area contributed by atoms with E-state index in [9.17, 15) is 0 Å². The van der Waals surface area contributed by atoms with E-state index < -0.39 is 0 Å². The lowest BCUT2D eigenvalue weighted by Crippen LogP contribution is -2.10. The van der Waals surface area contributed by atoms with Crippen molar-refractivity contribution in [2.45, 2.75) is 0 Å². The van der Waals surface area contributed by atoms with Gasteiger partial charge in [0.1, 0.15) is 0 Å². The Morgan fingerprint density at radius 3 is 1.51 bits per heavy atom. The number of benzene rings is 12. The minimum Gasteiger partial charge on any atom is -0.310 e. The SMILES string of the molecule is c1ccc(-c2ccc(N(c3cccc(-c4ccc5c(c4)c(-c4ccccc4)c(-c4ccccc4)c4ccccc45)c3)c3cccc4c3c3ccccc3n4-c3cccc4ccccc34)cc2)cc1. The third kappa shape index (κ3) is 6.57. The Labute approximate surface area is 395 Å². The van der Waals surface area contributed by atoms with E-state index in [4.69, 9.17) is 0 Å². The maximum Gasteiger partial charge on any atom is 0.0562 e. The lowest BCUT2D eigenvalue weighted by atomic mass is 9.84. The van der Waals surface area contributed by atoms with Crippen molar-refractivity contribution in [3.05, 3.63) is 267 Å². The molecule has 1 aromatic heterocycles. The van der Waals surface area contributed by atoms with Crippen LogP contribution in [0.3, 0.4) is 0 Å². The summed E-state index contributed by atoms with van der Waals surface area (Å²) in [7, 11) is 0. The highest BCUT2D eigenvalue weighted by Crippen LogP contribution is 2.48. The van der Waals surface area contributed by atoms with E-state index in [2.05, 4.69) is 276 Å². The van der Waals surface area contributed by atoms with Crippen LogP contribution in [-0.4, -0.2) is 4.57 Å². The number of para-hydroxylation sites is 1. The summed E-state index contributed by atoms with van der Waals surface area (Å²) >= 11 is 0. The Hall–Kier alpha value is -8.98. The molecule has 0 bridgehead atoms. The summed E-state index contributed by atoms with van der Waals surface area (Å²) in [6, 6.07) is 97.5. The summed E-state index contributed by atoms with van der Waals surface area (Å²) in [4.78, 5) is 2.46. The van der Waals surface area contributed by atoms with E-state index in [1.54, 1.807) is 0 Å². The molecule has 0 aliphatic carbocycles. The molecular weight excluding hydrogens is 821 g/mol. The van der Waals surface area contributed by atoms with Gasteiger partial charge in [-0.05, 0) is 126 Å². The summed E-state index contributed by atoms with van der Waals surface area (Å²) in [5.41, 5.74) is 16.4. The van der Waals surface area contributed by atoms with E-state index in [0.717, 1.165) is 33.7 Å². The lowest BCUT2D eigenvalue weighted by molar-refractivity contribution is 1.20. The van der Waals surface area contributed by atoms with Crippen LogP contribution < -0.4 is 4.90 Å². The van der Waals surface area contributed by atoms with Crippen LogP contribution in [0.4, 0.5) is 17.1 Å². The first-order valence-corrected chi connectivity index (χ1v) is 23.4. The molecule has 0 fully saturated rings. The molecule has 0 saturated carbocycles. The second kappa shape index (κ2) is 16.5. The summed E-state index contributed by atoms with van der Waals surface area (Å²) in [6.07, 6.45) is 0. The number of aromatic nitrogens is 1. The fraction of sp³-hybridized carbons (Fsp3) is 0. The molecule has 0 N–H and O–H groups in total. The maximum absolute atomic E-state index is 2.46. The van der Waals surface area contributed by atoms with Gasteiger partial charge in [-0.1, -0.05) is 212 Å². The number of rotatable bonds is 8. The molecular formula is C66H44N2. The van der Waals surface area contributed by atoms with Crippen LogP contribution in [0.5, 0.6) is 0 Å². The molecule has 13 rings (SSSR count). The molecule has 0 amide bonds. The molecule has 12 aromatic carbocycles. The van der Waals surface area contributed by atoms with Crippen LogP contribution in [0.25, 0.3) is 104 Å². The zero-order valence-corrected chi connectivity index (χ0v) is 37.3. The fourth-order valence-electron chi connectivity index (χ4n) is 10.7. The quantitative estimate of drug-likeness (QED) is 0.138. The molecule has 0 aliphatic rings. The summed E-state index contributed by atoms with van der Waals surface area (Å²) in [5.74, 6) is 0. The number of fused-ring (bicyclic) bond motifs is 7. The van der Waals surface area contributed by atoms with Gasteiger partial charge in [-0.25, -0.2) is 0 Å². The Balaban J connectivity index is 1.04. The highest BCUT2D eigenvalue weighted by Gasteiger charge is 2.23. The molecule has 2 nitrogen and oxygen atoms in total. The van der Waals surface area contributed by atoms with Crippen LogP contribution in [0, 0.1) is 0 Å². The van der Waals surface area contributed by atoms with Gasteiger partial charge in [-0.3, -0.25) is 0 Å². The molecule has 68 heavy (non-hydrogen) atoms.